The molecule has 0 bridgehead atoms. The number of hydrogen-bond acceptors (Lipinski definition) is 3. The van der Waals surface area contributed by atoms with Crippen LogP contribution in [0.15, 0.2) is 23.8 Å². The van der Waals surface area contributed by atoms with Gasteiger partial charge in [-0.3, -0.25) is 9.59 Å². The van der Waals surface area contributed by atoms with Crippen molar-refractivity contribution in [2.24, 2.45) is 29.6 Å². The summed E-state index contributed by atoms with van der Waals surface area (Å²) in [7, 11) is 0. The van der Waals surface area contributed by atoms with E-state index in [1.807, 2.05) is 19.9 Å². The van der Waals surface area contributed by atoms with Gasteiger partial charge in [-0.25, -0.2) is 0 Å². The molecule has 5 atom stereocenters. The van der Waals surface area contributed by atoms with E-state index in [0.717, 1.165) is 37.7 Å². The lowest BCUT2D eigenvalue weighted by Gasteiger charge is -2.30. The van der Waals surface area contributed by atoms with Crippen LogP contribution in [0.2, 0.25) is 0 Å². The van der Waals surface area contributed by atoms with Crippen LogP contribution in [-0.4, -0.2) is 23.3 Å². The minimum Gasteiger partial charge on any atom is -0.396 e. The second-order valence-electron chi connectivity index (χ2n) is 8.41. The van der Waals surface area contributed by atoms with Gasteiger partial charge in [-0.1, -0.05) is 45.8 Å². The van der Waals surface area contributed by atoms with Gasteiger partial charge in [0.05, 0.1) is 0 Å². The Morgan fingerprint density at radius 3 is 2.58 bits per heavy atom. The Labute approximate surface area is 160 Å². The van der Waals surface area contributed by atoms with Crippen molar-refractivity contribution in [1.29, 1.82) is 0 Å². The Balaban J connectivity index is 2.80. The number of Topliss-reactive ketones (excluding diaryl/α,β-unsaturated/α-hetero) is 1. The van der Waals surface area contributed by atoms with Crippen molar-refractivity contribution in [2.75, 3.05) is 6.61 Å². The highest BCUT2D eigenvalue weighted by Gasteiger charge is 2.26. The van der Waals surface area contributed by atoms with Crippen LogP contribution in [0.3, 0.4) is 0 Å². The Kier molecular flexibility index (Phi) is 10.1. The maximum Gasteiger partial charge on any atom is 0.178 e. The van der Waals surface area contributed by atoms with Crippen molar-refractivity contribution in [3.05, 3.63) is 23.8 Å². The third-order valence-electron chi connectivity index (χ3n) is 6.01. The maximum absolute atomic E-state index is 12.3. The molecule has 0 aliphatic heterocycles. The van der Waals surface area contributed by atoms with Crippen LogP contribution in [0.5, 0.6) is 0 Å². The highest BCUT2D eigenvalue weighted by atomic mass is 16.3. The van der Waals surface area contributed by atoms with E-state index in [2.05, 4.69) is 20.8 Å². The van der Waals surface area contributed by atoms with Crippen LogP contribution in [-0.2, 0) is 9.59 Å². The van der Waals surface area contributed by atoms with Crippen LogP contribution in [0, 0.1) is 29.6 Å². The molecule has 0 fully saturated rings. The molecule has 0 saturated heterocycles. The van der Waals surface area contributed by atoms with Gasteiger partial charge in [-0.15, -0.1) is 0 Å². The van der Waals surface area contributed by atoms with Crippen LogP contribution >= 0.6 is 0 Å². The van der Waals surface area contributed by atoms with E-state index >= 15 is 0 Å². The Hall–Kier alpha value is -1.22. The summed E-state index contributed by atoms with van der Waals surface area (Å²) in [5.74, 6) is 1.78. The molecule has 3 heteroatoms. The van der Waals surface area contributed by atoms with Crippen molar-refractivity contribution < 1.29 is 14.7 Å². The molecule has 1 aliphatic carbocycles. The number of hydrogen-bond donors (Lipinski definition) is 1. The van der Waals surface area contributed by atoms with Crippen molar-refractivity contribution in [1.82, 2.24) is 0 Å². The summed E-state index contributed by atoms with van der Waals surface area (Å²) in [6.07, 6.45) is 10.8. The largest absolute Gasteiger partial charge is 0.396 e. The minimum absolute atomic E-state index is 0.00908. The zero-order valence-corrected chi connectivity index (χ0v) is 17.3. The lowest BCUT2D eigenvalue weighted by molar-refractivity contribution is -0.123. The molecule has 0 aromatic heterocycles. The molecule has 1 rings (SSSR count). The molecule has 0 aromatic rings. The predicted molar refractivity (Wildman–Crippen MR) is 108 cm³/mol. The molecular formula is C23H38O3. The third-order valence-corrected chi connectivity index (χ3v) is 6.01. The fourth-order valence-electron chi connectivity index (χ4n) is 3.98. The summed E-state index contributed by atoms with van der Waals surface area (Å²) in [6.45, 7) is 10.6. The van der Waals surface area contributed by atoms with Gasteiger partial charge in [0.1, 0.15) is 5.78 Å². The van der Waals surface area contributed by atoms with Crippen molar-refractivity contribution in [2.45, 2.75) is 73.1 Å². The average molecular weight is 363 g/mol. The van der Waals surface area contributed by atoms with E-state index in [9.17, 15) is 14.7 Å². The molecular weight excluding hydrogens is 324 g/mol. The van der Waals surface area contributed by atoms with Crippen molar-refractivity contribution in [3.63, 3.8) is 0 Å². The molecule has 0 amide bonds. The molecule has 26 heavy (non-hydrogen) atoms. The smallest absolute Gasteiger partial charge is 0.178 e. The van der Waals surface area contributed by atoms with Crippen LogP contribution < -0.4 is 0 Å². The lowest BCUT2D eigenvalue weighted by atomic mass is 9.75. The molecule has 0 spiro atoms. The number of ketones is 2. The fraction of sp³-hybridized carbons (Fsp3) is 0.739. The monoisotopic (exact) mass is 362 g/mol. The highest BCUT2D eigenvalue weighted by Crippen LogP contribution is 2.33. The van der Waals surface area contributed by atoms with E-state index < -0.39 is 0 Å². The van der Waals surface area contributed by atoms with Crippen LogP contribution in [0.25, 0.3) is 0 Å². The molecule has 1 aliphatic rings. The number of aliphatic hydroxyl groups is 1. The zero-order chi connectivity index (χ0) is 19.7. The van der Waals surface area contributed by atoms with Crippen molar-refractivity contribution in [3.8, 4) is 0 Å². The molecule has 0 aromatic carbocycles. The summed E-state index contributed by atoms with van der Waals surface area (Å²) in [5, 5.41) is 9.82. The number of allylic oxidation sites excluding steroid dienone is 3. The minimum atomic E-state index is 0.00908. The number of carbonyl (C=O) groups excluding carboxylic acids is 2. The Morgan fingerprint density at radius 1 is 1.27 bits per heavy atom. The van der Waals surface area contributed by atoms with Gasteiger partial charge in [0, 0.05) is 24.9 Å². The number of carbonyl (C=O) groups is 2. The van der Waals surface area contributed by atoms with Crippen LogP contribution in [0.1, 0.15) is 73.1 Å². The van der Waals surface area contributed by atoms with Gasteiger partial charge in [-0.2, -0.15) is 0 Å². The Morgan fingerprint density at radius 2 is 1.96 bits per heavy atom. The molecule has 0 radical (unpaired) electrons. The molecule has 3 nitrogen and oxygen atoms in total. The van der Waals surface area contributed by atoms with E-state index in [1.165, 1.54) is 0 Å². The quantitative estimate of drug-likeness (QED) is 0.651. The van der Waals surface area contributed by atoms with Crippen molar-refractivity contribution >= 4 is 11.6 Å². The molecule has 0 saturated carbocycles. The first-order valence-corrected chi connectivity index (χ1v) is 10.3. The number of aliphatic hydroxyl groups excluding tert-OH is 1. The SMILES string of the molecule is CCCC(C)C(=O)CCC(C)C1C[C@@H](CO)/C(C)=C/C(=O)/C=C\[C@H](C)C1. The molecule has 3 unspecified atom stereocenters. The number of rotatable bonds is 8. The second kappa shape index (κ2) is 11.5. The Bertz CT molecular complexity index is 518. The van der Waals surface area contributed by atoms with Gasteiger partial charge in [0.2, 0.25) is 0 Å². The summed E-state index contributed by atoms with van der Waals surface area (Å²) < 4.78 is 0. The molecule has 148 valence electrons. The topological polar surface area (TPSA) is 54.4 Å². The summed E-state index contributed by atoms with van der Waals surface area (Å²) >= 11 is 0. The first-order valence-electron chi connectivity index (χ1n) is 10.3. The van der Waals surface area contributed by atoms with Gasteiger partial charge in [-0.05, 0) is 62.5 Å². The average Bonchev–Trinajstić information content (AvgIpc) is 2.60. The first kappa shape index (κ1) is 22.8. The molecule has 0 heterocycles. The highest BCUT2D eigenvalue weighted by molar-refractivity contribution is 5.99. The standard InChI is InChI=1S/C23H38O3/c1-6-7-18(4)23(26)11-9-17(3)20-12-16(2)8-10-22(25)13-19(5)21(14-20)15-24/h8,10,13,16-18,20-21,24H,6-7,9,11-12,14-15H2,1-5H3/b10-8-,19-13+/t16-,17?,18?,20?,21-/m0/s1. The van der Waals surface area contributed by atoms with Gasteiger partial charge in [0.25, 0.3) is 0 Å². The van der Waals surface area contributed by atoms with E-state index in [4.69, 9.17) is 0 Å². The lowest BCUT2D eigenvalue weighted by Crippen LogP contribution is -2.23. The van der Waals surface area contributed by atoms with Gasteiger partial charge < -0.3 is 5.11 Å². The summed E-state index contributed by atoms with van der Waals surface area (Å²) in [6, 6.07) is 0. The van der Waals surface area contributed by atoms with Crippen LogP contribution in [0.4, 0.5) is 0 Å². The van der Waals surface area contributed by atoms with E-state index in [-0.39, 0.29) is 24.2 Å². The first-order chi connectivity index (χ1) is 12.3. The van der Waals surface area contributed by atoms with E-state index in [0.29, 0.717) is 30.0 Å². The molecule has 1 N–H and O–H groups in total. The van der Waals surface area contributed by atoms with Gasteiger partial charge >= 0.3 is 0 Å². The normalized spacial score (nSPS) is 30.2. The summed E-state index contributed by atoms with van der Waals surface area (Å²) in [5.41, 5.74) is 0.960. The second-order valence-corrected chi connectivity index (χ2v) is 8.41. The zero-order valence-electron chi connectivity index (χ0n) is 17.3. The van der Waals surface area contributed by atoms with E-state index in [1.54, 1.807) is 12.2 Å². The van der Waals surface area contributed by atoms with Gasteiger partial charge in [0.15, 0.2) is 5.78 Å². The maximum atomic E-state index is 12.3. The summed E-state index contributed by atoms with van der Waals surface area (Å²) in [4.78, 5) is 24.3. The predicted octanol–water partition coefficient (Wildman–Crippen LogP) is 5.13. The third kappa shape index (κ3) is 7.57. The fourth-order valence-corrected chi connectivity index (χ4v) is 3.98.